The monoisotopic (exact) mass is 324 g/mol. The zero-order chi connectivity index (χ0) is 16.9. The molecule has 6 heteroatoms. The molecule has 0 atom stereocenters. The Kier molecular flexibility index (Phi) is 4.47. The minimum absolute atomic E-state index is 0.335. The first-order valence-electron chi connectivity index (χ1n) is 7.26. The molecule has 3 aromatic rings. The SMILES string of the molecule is COc1ccc(NC(=O)c2conc2-c2ccccc2)c(OC)c1. The van der Waals surface area contributed by atoms with Crippen molar-refractivity contribution in [1.29, 1.82) is 0 Å². The molecule has 1 aromatic heterocycles. The number of carbonyl (C=O) groups is 1. The largest absolute Gasteiger partial charge is 0.497 e. The van der Waals surface area contributed by atoms with Gasteiger partial charge in [-0.15, -0.1) is 0 Å². The number of nitrogens with zero attached hydrogens (tertiary/aromatic N) is 1. The van der Waals surface area contributed by atoms with Crippen molar-refractivity contribution in [2.75, 3.05) is 19.5 Å². The van der Waals surface area contributed by atoms with Gasteiger partial charge in [-0.3, -0.25) is 4.79 Å². The lowest BCUT2D eigenvalue weighted by Crippen LogP contribution is -2.13. The van der Waals surface area contributed by atoms with E-state index in [1.807, 2.05) is 30.3 Å². The zero-order valence-electron chi connectivity index (χ0n) is 13.3. The van der Waals surface area contributed by atoms with Crippen LogP contribution in [0.1, 0.15) is 10.4 Å². The van der Waals surface area contributed by atoms with Gasteiger partial charge in [0.15, 0.2) is 0 Å². The minimum atomic E-state index is -0.335. The van der Waals surface area contributed by atoms with Gasteiger partial charge in [0.1, 0.15) is 29.0 Å². The number of anilines is 1. The first-order valence-corrected chi connectivity index (χ1v) is 7.26. The Bertz CT molecular complexity index is 843. The average molecular weight is 324 g/mol. The Morgan fingerprint density at radius 1 is 1.08 bits per heavy atom. The van der Waals surface area contributed by atoms with Crippen molar-refractivity contribution >= 4 is 11.6 Å². The summed E-state index contributed by atoms with van der Waals surface area (Å²) in [4.78, 5) is 12.6. The van der Waals surface area contributed by atoms with E-state index in [0.717, 1.165) is 5.56 Å². The molecule has 0 unspecified atom stereocenters. The molecule has 0 aliphatic heterocycles. The van der Waals surface area contributed by atoms with E-state index in [1.54, 1.807) is 25.3 Å². The number of hydrogen-bond acceptors (Lipinski definition) is 5. The molecule has 2 aromatic carbocycles. The predicted molar refractivity (Wildman–Crippen MR) is 89.4 cm³/mol. The van der Waals surface area contributed by atoms with Crippen molar-refractivity contribution in [3.63, 3.8) is 0 Å². The highest BCUT2D eigenvalue weighted by atomic mass is 16.5. The summed E-state index contributed by atoms with van der Waals surface area (Å²) in [5, 5.41) is 6.74. The van der Waals surface area contributed by atoms with Gasteiger partial charge in [-0.2, -0.15) is 0 Å². The van der Waals surface area contributed by atoms with Crippen molar-refractivity contribution in [3.05, 3.63) is 60.4 Å². The second-order valence-electron chi connectivity index (χ2n) is 4.96. The quantitative estimate of drug-likeness (QED) is 0.776. The molecule has 1 N–H and O–H groups in total. The average Bonchev–Trinajstić information content (AvgIpc) is 3.12. The number of carbonyl (C=O) groups excluding carboxylic acids is 1. The van der Waals surface area contributed by atoms with Crippen LogP contribution in [-0.2, 0) is 0 Å². The molecular weight excluding hydrogens is 308 g/mol. The molecule has 3 rings (SSSR count). The number of amides is 1. The van der Waals surface area contributed by atoms with Crippen LogP contribution in [0.15, 0.2) is 59.3 Å². The van der Waals surface area contributed by atoms with Gasteiger partial charge in [0, 0.05) is 11.6 Å². The second kappa shape index (κ2) is 6.87. The highest BCUT2D eigenvalue weighted by Gasteiger charge is 2.19. The Labute approximate surface area is 139 Å². The molecule has 0 bridgehead atoms. The van der Waals surface area contributed by atoms with E-state index in [0.29, 0.717) is 28.4 Å². The third-order valence-electron chi connectivity index (χ3n) is 3.52. The lowest BCUT2D eigenvalue weighted by molar-refractivity contribution is 0.102. The first kappa shape index (κ1) is 15.6. The van der Waals surface area contributed by atoms with Crippen LogP contribution in [0.4, 0.5) is 5.69 Å². The normalized spacial score (nSPS) is 10.2. The van der Waals surface area contributed by atoms with E-state index in [2.05, 4.69) is 10.5 Å². The van der Waals surface area contributed by atoms with E-state index in [9.17, 15) is 4.79 Å². The molecule has 1 heterocycles. The van der Waals surface area contributed by atoms with Gasteiger partial charge in [0.05, 0.1) is 19.9 Å². The topological polar surface area (TPSA) is 73.6 Å². The second-order valence-corrected chi connectivity index (χ2v) is 4.96. The summed E-state index contributed by atoms with van der Waals surface area (Å²) in [6.45, 7) is 0. The van der Waals surface area contributed by atoms with Crippen LogP contribution < -0.4 is 14.8 Å². The van der Waals surface area contributed by atoms with Gasteiger partial charge in [-0.1, -0.05) is 35.5 Å². The Hall–Kier alpha value is -3.28. The Morgan fingerprint density at radius 3 is 2.58 bits per heavy atom. The lowest BCUT2D eigenvalue weighted by atomic mass is 10.1. The molecule has 24 heavy (non-hydrogen) atoms. The van der Waals surface area contributed by atoms with E-state index in [4.69, 9.17) is 14.0 Å². The van der Waals surface area contributed by atoms with Crippen LogP contribution in [-0.4, -0.2) is 25.3 Å². The molecule has 6 nitrogen and oxygen atoms in total. The van der Waals surface area contributed by atoms with Crippen molar-refractivity contribution in [3.8, 4) is 22.8 Å². The van der Waals surface area contributed by atoms with Gasteiger partial charge in [0.2, 0.25) is 0 Å². The standard InChI is InChI=1S/C18H16N2O4/c1-22-13-8-9-15(16(10-13)23-2)19-18(21)14-11-24-20-17(14)12-6-4-3-5-7-12/h3-11H,1-2H3,(H,19,21). The van der Waals surface area contributed by atoms with Crippen molar-refractivity contribution in [2.45, 2.75) is 0 Å². The maximum Gasteiger partial charge on any atom is 0.261 e. The first-order chi connectivity index (χ1) is 11.7. The molecule has 0 radical (unpaired) electrons. The maximum atomic E-state index is 12.6. The molecule has 0 aliphatic rings. The summed E-state index contributed by atoms with van der Waals surface area (Å²) in [6.07, 6.45) is 1.33. The van der Waals surface area contributed by atoms with Crippen LogP contribution >= 0.6 is 0 Å². The highest BCUT2D eigenvalue weighted by Crippen LogP contribution is 2.30. The highest BCUT2D eigenvalue weighted by molar-refractivity contribution is 6.08. The number of hydrogen-bond donors (Lipinski definition) is 1. The van der Waals surface area contributed by atoms with Gasteiger partial charge in [-0.05, 0) is 12.1 Å². The molecule has 0 spiro atoms. The third kappa shape index (κ3) is 3.08. The maximum absolute atomic E-state index is 12.6. The van der Waals surface area contributed by atoms with Gasteiger partial charge < -0.3 is 19.3 Å². The van der Waals surface area contributed by atoms with Crippen LogP contribution in [0.3, 0.4) is 0 Å². The molecular formula is C18H16N2O4. The van der Waals surface area contributed by atoms with Crippen LogP contribution in [0.5, 0.6) is 11.5 Å². The Morgan fingerprint density at radius 2 is 1.88 bits per heavy atom. The molecule has 0 fully saturated rings. The number of nitrogens with one attached hydrogen (secondary N) is 1. The molecule has 0 saturated carbocycles. The van der Waals surface area contributed by atoms with Crippen molar-refractivity contribution in [2.24, 2.45) is 0 Å². The smallest absolute Gasteiger partial charge is 0.261 e. The minimum Gasteiger partial charge on any atom is -0.497 e. The number of benzene rings is 2. The van der Waals surface area contributed by atoms with E-state index in [-0.39, 0.29) is 5.91 Å². The summed E-state index contributed by atoms with van der Waals surface area (Å²) >= 11 is 0. The number of ether oxygens (including phenoxy) is 2. The fourth-order valence-electron chi connectivity index (χ4n) is 2.29. The van der Waals surface area contributed by atoms with Gasteiger partial charge in [-0.25, -0.2) is 0 Å². The molecule has 0 aliphatic carbocycles. The summed E-state index contributed by atoms with van der Waals surface area (Å²) in [5.74, 6) is 0.804. The molecule has 122 valence electrons. The summed E-state index contributed by atoms with van der Waals surface area (Å²) in [7, 11) is 3.09. The lowest BCUT2D eigenvalue weighted by Gasteiger charge is -2.11. The van der Waals surface area contributed by atoms with Crippen molar-refractivity contribution < 1.29 is 18.8 Å². The summed E-state index contributed by atoms with van der Waals surface area (Å²) in [6, 6.07) is 14.5. The van der Waals surface area contributed by atoms with Crippen LogP contribution in [0, 0.1) is 0 Å². The zero-order valence-corrected chi connectivity index (χ0v) is 13.3. The number of rotatable bonds is 5. The Balaban J connectivity index is 1.88. The van der Waals surface area contributed by atoms with Gasteiger partial charge in [0.25, 0.3) is 5.91 Å². The van der Waals surface area contributed by atoms with Crippen LogP contribution in [0.2, 0.25) is 0 Å². The van der Waals surface area contributed by atoms with Crippen LogP contribution in [0.25, 0.3) is 11.3 Å². The van der Waals surface area contributed by atoms with E-state index >= 15 is 0 Å². The third-order valence-corrected chi connectivity index (χ3v) is 3.52. The van der Waals surface area contributed by atoms with Crippen molar-refractivity contribution in [1.82, 2.24) is 5.16 Å². The number of aromatic nitrogens is 1. The summed E-state index contributed by atoms with van der Waals surface area (Å²) in [5.41, 5.74) is 2.17. The fraction of sp³-hybridized carbons (Fsp3) is 0.111. The van der Waals surface area contributed by atoms with E-state index < -0.39 is 0 Å². The molecule has 0 saturated heterocycles. The van der Waals surface area contributed by atoms with Gasteiger partial charge >= 0.3 is 0 Å². The van der Waals surface area contributed by atoms with E-state index in [1.165, 1.54) is 13.4 Å². The number of methoxy groups -OCH3 is 2. The summed E-state index contributed by atoms with van der Waals surface area (Å²) < 4.78 is 15.4. The fourth-order valence-corrected chi connectivity index (χ4v) is 2.29. The predicted octanol–water partition coefficient (Wildman–Crippen LogP) is 3.61. The molecule has 1 amide bonds.